The summed E-state index contributed by atoms with van der Waals surface area (Å²) >= 11 is 0. The van der Waals surface area contributed by atoms with E-state index >= 15 is 0 Å². The van der Waals surface area contributed by atoms with Crippen molar-refractivity contribution in [2.75, 3.05) is 18.0 Å². The highest BCUT2D eigenvalue weighted by atomic mass is 16.3. The van der Waals surface area contributed by atoms with Crippen LogP contribution in [0.25, 0.3) is 0 Å². The summed E-state index contributed by atoms with van der Waals surface area (Å²) in [5.74, 6) is 1.24. The number of fused-ring (bicyclic) bond motifs is 1. The molecule has 0 bridgehead atoms. The van der Waals surface area contributed by atoms with Gasteiger partial charge in [0.25, 0.3) is 0 Å². The number of carbonyl (C=O) groups excluding carboxylic acids is 1. The second-order valence-corrected chi connectivity index (χ2v) is 8.53. The van der Waals surface area contributed by atoms with Crippen molar-refractivity contribution in [2.24, 2.45) is 10.6 Å². The fourth-order valence-corrected chi connectivity index (χ4v) is 4.40. The normalized spacial score (nSPS) is 19.6. The van der Waals surface area contributed by atoms with Crippen molar-refractivity contribution in [3.63, 3.8) is 0 Å². The smallest absolute Gasteiger partial charge is 0.165 e. The molecular weight excluding hydrogens is 338 g/mol. The van der Waals surface area contributed by atoms with Gasteiger partial charge in [-0.05, 0) is 47.4 Å². The highest BCUT2D eigenvalue weighted by molar-refractivity contribution is 6.00. The molecular formula is C22H25N3O2. The van der Waals surface area contributed by atoms with Gasteiger partial charge in [0.1, 0.15) is 0 Å². The molecule has 1 aliphatic heterocycles. The Morgan fingerprint density at radius 3 is 2.48 bits per heavy atom. The van der Waals surface area contributed by atoms with E-state index in [0.29, 0.717) is 29.4 Å². The van der Waals surface area contributed by atoms with Gasteiger partial charge in [-0.3, -0.25) is 4.79 Å². The molecule has 5 nitrogen and oxygen atoms in total. The van der Waals surface area contributed by atoms with E-state index in [1.165, 1.54) is 5.56 Å². The van der Waals surface area contributed by atoms with Gasteiger partial charge in [-0.2, -0.15) is 0 Å². The second-order valence-electron chi connectivity index (χ2n) is 8.53. The number of pyridine rings is 1. The minimum atomic E-state index is -0.0925. The molecule has 0 unspecified atom stereocenters. The molecule has 0 N–H and O–H groups in total. The lowest BCUT2D eigenvalue weighted by Gasteiger charge is -2.35. The molecule has 1 aromatic heterocycles. The highest BCUT2D eigenvalue weighted by Crippen LogP contribution is 2.39. The number of Topliss-reactive ketones (excluding diaryl/α,β-unsaturated/α-hetero) is 1. The van der Waals surface area contributed by atoms with Crippen LogP contribution in [0.3, 0.4) is 0 Å². The van der Waals surface area contributed by atoms with Gasteiger partial charge in [-0.1, -0.05) is 44.2 Å². The zero-order valence-electron chi connectivity index (χ0n) is 15.9. The maximum atomic E-state index is 12.5. The molecule has 4 rings (SSSR count). The third kappa shape index (κ3) is 3.51. The minimum absolute atomic E-state index is 0.0629. The van der Waals surface area contributed by atoms with Crippen molar-refractivity contribution in [1.29, 1.82) is 0 Å². The summed E-state index contributed by atoms with van der Waals surface area (Å²) in [7, 11) is 0. The number of rotatable bonds is 3. The monoisotopic (exact) mass is 363 g/mol. The third-order valence-electron chi connectivity index (χ3n) is 5.81. The molecule has 1 aliphatic carbocycles. The van der Waals surface area contributed by atoms with E-state index in [9.17, 15) is 9.70 Å². The molecule has 0 amide bonds. The van der Waals surface area contributed by atoms with Gasteiger partial charge in [0.05, 0.1) is 5.69 Å². The number of hydrogen-bond donors (Lipinski definition) is 0. The standard InChI is InChI=1S/C22H25N3O2/c1-22(2)13-19-17(20(26)14-22)12-18(24-27)21(23-19)25-10-8-16(9-11-25)15-6-4-3-5-7-15/h3-7,12,16H,8-11,13-14H2,1-2H3. The van der Waals surface area contributed by atoms with Crippen LogP contribution in [-0.2, 0) is 6.42 Å². The molecule has 2 aromatic rings. The van der Waals surface area contributed by atoms with Gasteiger partial charge in [-0.25, -0.2) is 4.98 Å². The Morgan fingerprint density at radius 2 is 1.81 bits per heavy atom. The lowest BCUT2D eigenvalue weighted by atomic mass is 9.75. The van der Waals surface area contributed by atoms with Crippen LogP contribution in [0.5, 0.6) is 0 Å². The van der Waals surface area contributed by atoms with E-state index in [4.69, 9.17) is 4.98 Å². The van der Waals surface area contributed by atoms with Crippen LogP contribution in [0.15, 0.2) is 41.6 Å². The van der Waals surface area contributed by atoms with Crippen LogP contribution in [0.4, 0.5) is 11.5 Å². The average molecular weight is 363 g/mol. The van der Waals surface area contributed by atoms with Gasteiger partial charge >= 0.3 is 0 Å². The number of nitroso groups, excluding NO2 is 1. The van der Waals surface area contributed by atoms with Gasteiger partial charge < -0.3 is 4.90 Å². The number of nitrogens with zero attached hydrogens (tertiary/aromatic N) is 3. The van der Waals surface area contributed by atoms with Gasteiger partial charge in [0, 0.05) is 25.1 Å². The summed E-state index contributed by atoms with van der Waals surface area (Å²) in [6, 6.07) is 12.2. The summed E-state index contributed by atoms with van der Waals surface area (Å²) in [6.45, 7) is 5.86. The largest absolute Gasteiger partial charge is 0.355 e. The van der Waals surface area contributed by atoms with Crippen LogP contribution < -0.4 is 4.90 Å². The molecule has 5 heteroatoms. The number of aromatic nitrogens is 1. The van der Waals surface area contributed by atoms with Gasteiger partial charge in [-0.15, -0.1) is 4.91 Å². The van der Waals surface area contributed by atoms with E-state index in [1.807, 2.05) is 6.07 Å². The lowest BCUT2D eigenvalue weighted by molar-refractivity contribution is 0.0910. The molecule has 140 valence electrons. The van der Waals surface area contributed by atoms with Crippen LogP contribution >= 0.6 is 0 Å². The van der Waals surface area contributed by atoms with Crippen LogP contribution in [0.2, 0.25) is 0 Å². The van der Waals surface area contributed by atoms with Crippen molar-refractivity contribution in [1.82, 2.24) is 4.98 Å². The Balaban J connectivity index is 1.59. The molecule has 0 atom stereocenters. The second kappa shape index (κ2) is 6.87. The fourth-order valence-electron chi connectivity index (χ4n) is 4.40. The molecule has 0 saturated carbocycles. The first-order valence-corrected chi connectivity index (χ1v) is 9.67. The predicted octanol–water partition coefficient (Wildman–Crippen LogP) is 5.02. The first kappa shape index (κ1) is 17.8. The Morgan fingerprint density at radius 1 is 1.11 bits per heavy atom. The van der Waals surface area contributed by atoms with Crippen molar-refractivity contribution in [2.45, 2.75) is 45.4 Å². The topological polar surface area (TPSA) is 62.6 Å². The molecule has 1 aromatic carbocycles. The van der Waals surface area contributed by atoms with E-state index < -0.39 is 0 Å². The maximum absolute atomic E-state index is 12.5. The van der Waals surface area contributed by atoms with E-state index in [1.54, 1.807) is 6.07 Å². The number of benzene rings is 1. The SMILES string of the molecule is CC1(C)CC(=O)c2cc(N=O)c(N3CCC(c4ccccc4)CC3)nc2C1. The van der Waals surface area contributed by atoms with Crippen molar-refractivity contribution in [3.05, 3.63) is 58.1 Å². The molecule has 1 saturated heterocycles. The summed E-state index contributed by atoms with van der Waals surface area (Å²) < 4.78 is 0. The first-order chi connectivity index (χ1) is 13.0. The molecule has 2 aliphatic rings. The average Bonchev–Trinajstić information content (AvgIpc) is 2.67. The molecule has 0 radical (unpaired) electrons. The third-order valence-corrected chi connectivity index (χ3v) is 5.81. The van der Waals surface area contributed by atoms with Crippen LogP contribution in [-0.4, -0.2) is 23.9 Å². The van der Waals surface area contributed by atoms with Crippen molar-refractivity contribution >= 4 is 17.3 Å². The summed E-state index contributed by atoms with van der Waals surface area (Å²) in [5, 5.41) is 3.20. The maximum Gasteiger partial charge on any atom is 0.165 e. The summed E-state index contributed by atoms with van der Waals surface area (Å²) in [4.78, 5) is 30.8. The number of carbonyl (C=O) groups is 1. The van der Waals surface area contributed by atoms with E-state index in [2.05, 4.69) is 48.2 Å². The van der Waals surface area contributed by atoms with Crippen molar-refractivity contribution in [3.8, 4) is 0 Å². The number of anilines is 1. The Labute approximate surface area is 159 Å². The number of hydrogen-bond acceptors (Lipinski definition) is 5. The zero-order chi connectivity index (χ0) is 19.0. The summed E-state index contributed by atoms with van der Waals surface area (Å²) in [5.41, 5.74) is 2.96. The Bertz CT molecular complexity index is 869. The van der Waals surface area contributed by atoms with Gasteiger partial charge in [0.15, 0.2) is 17.3 Å². The van der Waals surface area contributed by atoms with Crippen LogP contribution in [0.1, 0.15) is 60.6 Å². The number of ketones is 1. The molecule has 0 spiro atoms. The van der Waals surface area contributed by atoms with E-state index in [0.717, 1.165) is 38.0 Å². The fraction of sp³-hybridized carbons (Fsp3) is 0.455. The van der Waals surface area contributed by atoms with Crippen LogP contribution in [0, 0.1) is 10.3 Å². The zero-order valence-corrected chi connectivity index (χ0v) is 15.9. The Kier molecular flexibility index (Phi) is 4.54. The summed E-state index contributed by atoms with van der Waals surface area (Å²) in [6.07, 6.45) is 3.28. The Hall–Kier alpha value is -2.56. The van der Waals surface area contributed by atoms with E-state index in [-0.39, 0.29) is 11.2 Å². The predicted molar refractivity (Wildman–Crippen MR) is 107 cm³/mol. The lowest BCUT2D eigenvalue weighted by Crippen LogP contribution is -2.35. The van der Waals surface area contributed by atoms with Gasteiger partial charge in [0.2, 0.25) is 0 Å². The highest BCUT2D eigenvalue weighted by Gasteiger charge is 2.34. The number of piperidine rings is 1. The molecule has 27 heavy (non-hydrogen) atoms. The first-order valence-electron chi connectivity index (χ1n) is 9.67. The quantitative estimate of drug-likeness (QED) is 0.719. The molecule has 2 heterocycles. The van der Waals surface area contributed by atoms with Crippen molar-refractivity contribution < 1.29 is 4.79 Å². The molecule has 1 fully saturated rings. The minimum Gasteiger partial charge on any atom is -0.355 e.